The van der Waals surface area contributed by atoms with E-state index >= 15 is 0 Å². The molecule has 0 unspecified atom stereocenters. The first-order valence-corrected chi connectivity index (χ1v) is 7.98. The van der Waals surface area contributed by atoms with E-state index in [1.54, 1.807) is 19.3 Å². The second-order valence-corrected chi connectivity index (χ2v) is 5.82. The van der Waals surface area contributed by atoms with Crippen molar-refractivity contribution in [3.63, 3.8) is 0 Å². The Bertz CT molecular complexity index is 905. The van der Waals surface area contributed by atoms with Gasteiger partial charge in [-0.25, -0.2) is 4.98 Å². The Hall–Kier alpha value is -3.00. The van der Waals surface area contributed by atoms with Crippen molar-refractivity contribution in [1.29, 1.82) is 0 Å². The summed E-state index contributed by atoms with van der Waals surface area (Å²) >= 11 is 1.31. The molecule has 0 aliphatic heterocycles. The molecule has 8 heteroatoms. The molecule has 0 saturated carbocycles. The average Bonchev–Trinajstić information content (AvgIpc) is 3.03. The maximum atomic E-state index is 11.9. The number of H-pyrrole nitrogens is 1. The number of rotatable bonds is 5. The number of nitrogens with one attached hydrogen (secondary N) is 2. The van der Waals surface area contributed by atoms with E-state index < -0.39 is 0 Å². The summed E-state index contributed by atoms with van der Waals surface area (Å²) in [5.41, 5.74) is 2.06. The maximum Gasteiger partial charge on any atom is 0.264 e. The van der Waals surface area contributed by atoms with Gasteiger partial charge in [-0.2, -0.15) is 0 Å². The van der Waals surface area contributed by atoms with Crippen molar-refractivity contribution in [1.82, 2.24) is 15.0 Å². The number of ether oxygens (including phenoxy) is 1. The van der Waals surface area contributed by atoms with Crippen LogP contribution >= 0.6 is 11.3 Å². The monoisotopic (exact) mass is 342 g/mol. The van der Waals surface area contributed by atoms with Crippen LogP contribution in [0.15, 0.2) is 47.0 Å². The number of hydrogen-bond acceptors (Lipinski definition) is 6. The van der Waals surface area contributed by atoms with E-state index in [0.717, 1.165) is 17.0 Å². The number of nitrogens with zero attached hydrogens (tertiary/aromatic N) is 2. The number of aromatic nitrogens is 3. The van der Waals surface area contributed by atoms with E-state index in [1.165, 1.54) is 23.6 Å². The quantitative estimate of drug-likeness (QED) is 0.741. The molecule has 0 bridgehead atoms. The minimum Gasteiger partial charge on any atom is -0.478 e. The van der Waals surface area contributed by atoms with Crippen LogP contribution in [0.1, 0.15) is 5.69 Å². The van der Waals surface area contributed by atoms with E-state index in [2.05, 4.69) is 20.3 Å². The van der Waals surface area contributed by atoms with E-state index in [-0.39, 0.29) is 23.7 Å². The fraction of sp³-hybridized carbons (Fsp3) is 0.125. The van der Waals surface area contributed by atoms with Crippen LogP contribution in [0.25, 0.3) is 11.3 Å². The number of carbonyl (C=O) groups is 1. The predicted molar refractivity (Wildman–Crippen MR) is 91.3 cm³/mol. The van der Waals surface area contributed by atoms with Crippen molar-refractivity contribution in [2.75, 3.05) is 11.9 Å². The Kier molecular flexibility index (Phi) is 4.66. The third-order valence-corrected chi connectivity index (χ3v) is 3.85. The number of aryl methyl sites for hydroxylation is 1. The highest BCUT2D eigenvalue weighted by Gasteiger charge is 2.10. The van der Waals surface area contributed by atoms with Crippen molar-refractivity contribution in [3.8, 4) is 17.0 Å². The molecule has 0 atom stereocenters. The highest BCUT2D eigenvalue weighted by atomic mass is 32.1. The van der Waals surface area contributed by atoms with Crippen molar-refractivity contribution >= 4 is 22.4 Å². The summed E-state index contributed by atoms with van der Waals surface area (Å²) in [6.07, 6.45) is 4.82. The molecule has 0 fully saturated rings. The second-order valence-electron chi connectivity index (χ2n) is 4.96. The lowest BCUT2D eigenvalue weighted by Gasteiger charge is -2.05. The maximum absolute atomic E-state index is 11.9. The Balaban J connectivity index is 1.59. The van der Waals surface area contributed by atoms with E-state index in [4.69, 9.17) is 4.74 Å². The fourth-order valence-electron chi connectivity index (χ4n) is 1.95. The zero-order valence-corrected chi connectivity index (χ0v) is 13.6. The van der Waals surface area contributed by atoms with Gasteiger partial charge in [-0.15, -0.1) is 11.3 Å². The molecule has 0 aliphatic carbocycles. The van der Waals surface area contributed by atoms with Crippen LogP contribution in [0, 0.1) is 6.92 Å². The zero-order chi connectivity index (χ0) is 16.9. The first-order valence-electron chi connectivity index (χ1n) is 7.10. The third kappa shape index (κ3) is 3.85. The summed E-state index contributed by atoms with van der Waals surface area (Å²) in [6.45, 7) is 1.49. The standard InChI is InChI=1S/C16H14N4O3S/c1-10-5-13(21)14(7-18-10)23-8-15(22)20-16-19-12(9-24-16)11-3-2-4-17-6-11/h2-7,9H,8H2,1H3,(H,18,21)(H,19,20,22). The smallest absolute Gasteiger partial charge is 0.264 e. The number of hydrogen-bond donors (Lipinski definition) is 2. The van der Waals surface area contributed by atoms with Crippen molar-refractivity contribution < 1.29 is 9.53 Å². The number of anilines is 1. The highest BCUT2D eigenvalue weighted by Crippen LogP contribution is 2.23. The van der Waals surface area contributed by atoms with Crippen molar-refractivity contribution in [2.24, 2.45) is 0 Å². The van der Waals surface area contributed by atoms with E-state index in [1.807, 2.05) is 17.5 Å². The van der Waals surface area contributed by atoms with Gasteiger partial charge in [0.15, 0.2) is 17.5 Å². The Labute approximate surface area is 141 Å². The molecule has 0 radical (unpaired) electrons. The van der Waals surface area contributed by atoms with Gasteiger partial charge in [0.25, 0.3) is 5.91 Å². The van der Waals surface area contributed by atoms with Gasteiger partial charge in [-0.3, -0.25) is 19.9 Å². The van der Waals surface area contributed by atoms with Crippen molar-refractivity contribution in [2.45, 2.75) is 6.92 Å². The molecule has 2 N–H and O–H groups in total. The molecule has 7 nitrogen and oxygen atoms in total. The highest BCUT2D eigenvalue weighted by molar-refractivity contribution is 7.14. The van der Waals surface area contributed by atoms with Gasteiger partial charge < -0.3 is 9.72 Å². The molecular weight excluding hydrogens is 328 g/mol. The normalized spacial score (nSPS) is 10.4. The van der Waals surface area contributed by atoms with Crippen LogP contribution < -0.4 is 15.5 Å². The Morgan fingerprint density at radius 1 is 1.46 bits per heavy atom. The lowest BCUT2D eigenvalue weighted by Crippen LogP contribution is -2.22. The van der Waals surface area contributed by atoms with Crippen molar-refractivity contribution in [3.05, 3.63) is 58.1 Å². The van der Waals surface area contributed by atoms with Gasteiger partial charge in [-0.05, 0) is 19.1 Å². The molecule has 3 heterocycles. The van der Waals surface area contributed by atoms with Crippen LogP contribution in [0.3, 0.4) is 0 Å². The van der Waals surface area contributed by atoms with Gasteiger partial charge in [0, 0.05) is 41.3 Å². The second kappa shape index (κ2) is 7.05. The lowest BCUT2D eigenvalue weighted by molar-refractivity contribution is -0.118. The van der Waals surface area contributed by atoms with Gasteiger partial charge in [0.05, 0.1) is 5.69 Å². The minimum atomic E-state index is -0.387. The van der Waals surface area contributed by atoms with Crippen LogP contribution in [0.2, 0.25) is 0 Å². The molecule has 0 saturated heterocycles. The third-order valence-electron chi connectivity index (χ3n) is 3.09. The first-order chi connectivity index (χ1) is 11.6. The number of thiazole rings is 1. The topological polar surface area (TPSA) is 97.0 Å². The summed E-state index contributed by atoms with van der Waals surface area (Å²) in [5, 5.41) is 4.93. The van der Waals surface area contributed by atoms with Crippen LogP contribution in [0.5, 0.6) is 5.75 Å². The number of carbonyl (C=O) groups excluding carboxylic acids is 1. The van der Waals surface area contributed by atoms with Gasteiger partial charge in [-0.1, -0.05) is 0 Å². The van der Waals surface area contributed by atoms with Gasteiger partial charge in [0.1, 0.15) is 0 Å². The molecule has 0 spiro atoms. The predicted octanol–water partition coefficient (Wildman–Crippen LogP) is 2.22. The largest absolute Gasteiger partial charge is 0.478 e. The summed E-state index contributed by atoms with van der Waals surface area (Å²) in [7, 11) is 0. The summed E-state index contributed by atoms with van der Waals surface area (Å²) in [6, 6.07) is 5.12. The van der Waals surface area contributed by atoms with Gasteiger partial charge >= 0.3 is 0 Å². The molecule has 3 aromatic rings. The Morgan fingerprint density at radius 2 is 2.33 bits per heavy atom. The van der Waals surface area contributed by atoms with E-state index in [0.29, 0.717) is 5.13 Å². The minimum absolute atomic E-state index is 0.103. The number of aromatic amines is 1. The van der Waals surface area contributed by atoms with Crippen LogP contribution in [-0.2, 0) is 4.79 Å². The fourth-order valence-corrected chi connectivity index (χ4v) is 2.69. The molecule has 0 aliphatic rings. The van der Waals surface area contributed by atoms with E-state index in [9.17, 15) is 9.59 Å². The summed E-state index contributed by atoms with van der Waals surface area (Å²) in [5.74, 6) is -0.284. The van der Waals surface area contributed by atoms with Gasteiger partial charge in [0.2, 0.25) is 5.43 Å². The first kappa shape index (κ1) is 15.9. The molecular formula is C16H14N4O3S. The molecule has 3 aromatic heterocycles. The molecule has 0 aromatic carbocycles. The summed E-state index contributed by atoms with van der Waals surface area (Å²) in [4.78, 5) is 34.8. The number of pyridine rings is 2. The van der Waals surface area contributed by atoms with Crippen LogP contribution in [-0.4, -0.2) is 27.5 Å². The molecule has 1 amide bonds. The SMILES string of the molecule is Cc1cc(=O)c(OCC(=O)Nc2nc(-c3cccnc3)cs2)c[nH]1. The molecule has 24 heavy (non-hydrogen) atoms. The summed E-state index contributed by atoms with van der Waals surface area (Å²) < 4.78 is 5.23. The molecule has 122 valence electrons. The molecule has 3 rings (SSSR count). The average molecular weight is 342 g/mol. The van der Waals surface area contributed by atoms with Crippen LogP contribution in [0.4, 0.5) is 5.13 Å². The Morgan fingerprint density at radius 3 is 3.08 bits per heavy atom. The lowest BCUT2D eigenvalue weighted by atomic mass is 10.2. The number of amides is 1. The zero-order valence-electron chi connectivity index (χ0n) is 12.8.